The zero-order chi connectivity index (χ0) is 29.0. The third-order valence-electron chi connectivity index (χ3n) is 4.79. The molecule has 0 atom stereocenters. The molecule has 0 aliphatic heterocycles. The average Bonchev–Trinajstić information content (AvgIpc) is 2.87. The van der Waals surface area contributed by atoms with E-state index >= 15 is 0 Å². The first kappa shape index (κ1) is 30.2. The number of hydrogen-bond acceptors (Lipinski definition) is 6. The number of hydrazine groups is 1. The van der Waals surface area contributed by atoms with Crippen LogP contribution in [0.1, 0.15) is 15.9 Å². The second kappa shape index (κ2) is 11.8. The molecule has 0 saturated carbocycles. The Morgan fingerprint density at radius 2 is 1.44 bits per heavy atom. The molecule has 10 nitrogen and oxygen atoms in total. The molecule has 0 spiro atoms. The number of benzene rings is 3. The Kier molecular flexibility index (Phi) is 9.12. The normalized spacial score (nSPS) is 12.0. The van der Waals surface area contributed by atoms with Gasteiger partial charge in [0.2, 0.25) is 10.0 Å². The van der Waals surface area contributed by atoms with Crippen molar-refractivity contribution in [1.29, 1.82) is 0 Å². The Morgan fingerprint density at radius 1 is 0.769 bits per heavy atom. The molecule has 0 saturated heterocycles. The number of nitrogens with one attached hydrogen (secondary N) is 4. The number of hydrogen-bond donors (Lipinski definition) is 4. The summed E-state index contributed by atoms with van der Waals surface area (Å²) in [5.74, 6) is -1.94. The minimum Gasteiger partial charge on any atom is -0.280 e. The summed E-state index contributed by atoms with van der Waals surface area (Å²) in [5, 5.41) is 0.102. The van der Waals surface area contributed by atoms with Crippen molar-refractivity contribution in [1.82, 2.24) is 15.6 Å². The van der Waals surface area contributed by atoms with E-state index in [4.69, 9.17) is 23.2 Å². The van der Waals surface area contributed by atoms with E-state index < -0.39 is 55.0 Å². The average molecular weight is 625 g/mol. The highest BCUT2D eigenvalue weighted by Crippen LogP contribution is 2.31. The molecule has 3 aromatic carbocycles. The summed E-state index contributed by atoms with van der Waals surface area (Å²) in [6.07, 6.45) is -4.69. The molecule has 0 heterocycles. The van der Waals surface area contributed by atoms with Crippen LogP contribution in [0.15, 0.2) is 76.5 Å². The number of rotatable bonds is 8. The second-order valence-corrected chi connectivity index (χ2v) is 11.9. The quantitative estimate of drug-likeness (QED) is 0.281. The maximum Gasteiger partial charge on any atom is 0.416 e. The highest BCUT2D eigenvalue weighted by Gasteiger charge is 2.31. The van der Waals surface area contributed by atoms with Gasteiger partial charge < -0.3 is 0 Å². The molecular formula is C22H17Cl2F3N4O6S2. The number of carbonyl (C=O) groups is 2. The molecule has 0 aliphatic carbocycles. The van der Waals surface area contributed by atoms with Gasteiger partial charge in [0.1, 0.15) is 0 Å². The highest BCUT2D eigenvalue weighted by atomic mass is 35.5. The lowest BCUT2D eigenvalue weighted by atomic mass is 10.2. The number of sulfonamides is 2. The molecule has 3 rings (SSSR count). The smallest absolute Gasteiger partial charge is 0.280 e. The van der Waals surface area contributed by atoms with Crippen LogP contribution in [0, 0.1) is 0 Å². The van der Waals surface area contributed by atoms with E-state index in [1.807, 2.05) is 20.3 Å². The molecule has 3 aromatic rings. The molecule has 208 valence electrons. The topological polar surface area (TPSA) is 151 Å². The Morgan fingerprint density at radius 3 is 2.10 bits per heavy atom. The van der Waals surface area contributed by atoms with Crippen molar-refractivity contribution in [2.45, 2.75) is 16.0 Å². The number of carbonyl (C=O) groups excluding carboxylic acids is 2. The van der Waals surface area contributed by atoms with Crippen LogP contribution in [-0.4, -0.2) is 35.2 Å². The van der Waals surface area contributed by atoms with Crippen molar-refractivity contribution >= 4 is 60.8 Å². The van der Waals surface area contributed by atoms with Crippen LogP contribution < -0.4 is 20.3 Å². The van der Waals surface area contributed by atoms with Crippen molar-refractivity contribution in [3.05, 3.63) is 87.9 Å². The van der Waals surface area contributed by atoms with E-state index in [0.717, 1.165) is 36.4 Å². The highest BCUT2D eigenvalue weighted by molar-refractivity contribution is 7.92. The summed E-state index contributed by atoms with van der Waals surface area (Å²) in [5.41, 5.74) is 2.30. The van der Waals surface area contributed by atoms with Crippen LogP contribution in [0.5, 0.6) is 0 Å². The van der Waals surface area contributed by atoms with Gasteiger partial charge in [0.15, 0.2) is 0 Å². The van der Waals surface area contributed by atoms with Crippen molar-refractivity contribution < 1.29 is 39.6 Å². The number of anilines is 1. The van der Waals surface area contributed by atoms with Crippen molar-refractivity contribution in [3.8, 4) is 0 Å². The van der Waals surface area contributed by atoms with Gasteiger partial charge in [-0.1, -0.05) is 35.3 Å². The van der Waals surface area contributed by atoms with Gasteiger partial charge in [-0.15, -0.1) is 0 Å². The Bertz CT molecular complexity index is 1630. The van der Waals surface area contributed by atoms with E-state index in [0.29, 0.717) is 6.07 Å². The van der Waals surface area contributed by atoms with Crippen LogP contribution in [0.4, 0.5) is 18.9 Å². The zero-order valence-electron chi connectivity index (χ0n) is 19.2. The van der Waals surface area contributed by atoms with Crippen molar-refractivity contribution in [2.75, 3.05) is 11.3 Å². The fourth-order valence-corrected chi connectivity index (χ4v) is 5.37. The van der Waals surface area contributed by atoms with Gasteiger partial charge in [-0.05, 0) is 54.6 Å². The Hall–Kier alpha value is -3.37. The first-order valence-corrected chi connectivity index (χ1v) is 14.1. The maximum absolute atomic E-state index is 12.9. The van der Waals surface area contributed by atoms with E-state index in [1.54, 1.807) is 0 Å². The van der Waals surface area contributed by atoms with Gasteiger partial charge in [0.25, 0.3) is 21.8 Å². The summed E-state index contributed by atoms with van der Waals surface area (Å²) in [6, 6.07) is 11.4. The molecule has 17 heteroatoms. The molecule has 4 N–H and O–H groups in total. The zero-order valence-corrected chi connectivity index (χ0v) is 22.4. The van der Waals surface area contributed by atoms with Gasteiger partial charge in [-0.2, -0.15) is 13.2 Å². The molecule has 0 unspecified atom stereocenters. The second-order valence-electron chi connectivity index (χ2n) is 7.61. The lowest BCUT2D eigenvalue weighted by Crippen LogP contribution is -2.46. The lowest BCUT2D eigenvalue weighted by Gasteiger charge is -2.12. The largest absolute Gasteiger partial charge is 0.416 e. The molecular weight excluding hydrogens is 608 g/mol. The first-order chi connectivity index (χ1) is 18.1. The first-order valence-electron chi connectivity index (χ1n) is 10.4. The van der Waals surface area contributed by atoms with Crippen molar-refractivity contribution in [3.63, 3.8) is 0 Å². The molecule has 39 heavy (non-hydrogen) atoms. The summed E-state index contributed by atoms with van der Waals surface area (Å²) < 4.78 is 92.7. The minimum atomic E-state index is -4.69. The van der Waals surface area contributed by atoms with Gasteiger partial charge >= 0.3 is 6.18 Å². The van der Waals surface area contributed by atoms with Crippen LogP contribution in [0.25, 0.3) is 0 Å². The van der Waals surface area contributed by atoms with Crippen LogP contribution in [-0.2, 0) is 31.0 Å². The lowest BCUT2D eigenvalue weighted by molar-refractivity contribution is -0.137. The Labute approximate surface area is 230 Å². The monoisotopic (exact) mass is 624 g/mol. The van der Waals surface area contributed by atoms with E-state index in [-0.39, 0.29) is 26.2 Å². The predicted octanol–water partition coefficient (Wildman–Crippen LogP) is 3.55. The molecule has 0 bridgehead atoms. The number of amides is 2. The van der Waals surface area contributed by atoms with Crippen LogP contribution >= 0.6 is 23.2 Å². The van der Waals surface area contributed by atoms with Gasteiger partial charge in [-0.25, -0.2) is 21.6 Å². The SMILES string of the molecule is O=C(CNS(=O)(=O)c1ccc(Cl)c(Cl)c1)NNC(=O)c1cccc(S(=O)(=O)Nc2cccc(C(F)(F)F)c2)c1. The maximum atomic E-state index is 12.9. The van der Waals surface area contributed by atoms with E-state index in [9.17, 15) is 39.6 Å². The molecule has 0 radical (unpaired) electrons. The number of alkyl halides is 3. The van der Waals surface area contributed by atoms with Gasteiger partial charge in [-0.3, -0.25) is 25.2 Å². The summed E-state index contributed by atoms with van der Waals surface area (Å²) in [4.78, 5) is 23.7. The molecule has 0 aliphatic rings. The number of halogens is 5. The third-order valence-corrected chi connectivity index (χ3v) is 8.31. The predicted molar refractivity (Wildman–Crippen MR) is 136 cm³/mol. The molecule has 2 amide bonds. The van der Waals surface area contributed by atoms with Gasteiger partial charge in [0.05, 0.1) is 31.9 Å². The van der Waals surface area contributed by atoms with E-state index in [2.05, 4.69) is 0 Å². The summed E-state index contributed by atoms with van der Waals surface area (Å²) in [7, 11) is -8.55. The summed E-state index contributed by atoms with van der Waals surface area (Å²) in [6.45, 7) is -0.780. The van der Waals surface area contributed by atoms with Gasteiger partial charge in [0, 0.05) is 11.3 Å². The van der Waals surface area contributed by atoms with Crippen LogP contribution in [0.2, 0.25) is 10.0 Å². The Balaban J connectivity index is 1.62. The third kappa shape index (κ3) is 8.06. The van der Waals surface area contributed by atoms with Crippen molar-refractivity contribution in [2.24, 2.45) is 0 Å². The minimum absolute atomic E-state index is 0.0227. The van der Waals surface area contributed by atoms with E-state index in [1.165, 1.54) is 24.3 Å². The standard InChI is InChI=1S/C22H17Cl2F3N4O6S2/c23-18-8-7-17(11-19(18)24)38(34,35)28-12-20(32)29-30-21(33)13-3-1-6-16(9-13)39(36,37)31-15-5-2-4-14(10-15)22(25,26)27/h1-11,28,31H,12H2,(H,29,32)(H,30,33). The summed E-state index contributed by atoms with van der Waals surface area (Å²) >= 11 is 11.5. The fourth-order valence-electron chi connectivity index (χ4n) is 2.91. The van der Waals surface area contributed by atoms with Crippen LogP contribution in [0.3, 0.4) is 0 Å². The fraction of sp³-hybridized carbons (Fsp3) is 0.0909. The molecule has 0 aromatic heterocycles. The molecule has 0 fully saturated rings.